The molecule has 0 radical (unpaired) electrons. The number of hydrogen-bond donors (Lipinski definition) is 1. The number of rotatable bonds is 11. The molecule has 0 aromatic heterocycles. The molecule has 1 saturated carbocycles. The lowest BCUT2D eigenvalue weighted by atomic mass is 10.1. The Labute approximate surface area is 269 Å². The number of carbonyl (C=O) groups excluding carboxylic acids is 2. The van der Waals surface area contributed by atoms with Gasteiger partial charge in [-0.15, -0.1) is 0 Å². The number of nitrogens with zero attached hydrogens (tertiary/aromatic N) is 2. The van der Waals surface area contributed by atoms with Crippen LogP contribution in [0.4, 0.5) is 5.69 Å². The quantitative estimate of drug-likeness (QED) is 0.233. The third-order valence-corrected chi connectivity index (χ3v) is 10.5. The molecule has 3 aromatic rings. The molecule has 1 fully saturated rings. The highest BCUT2D eigenvalue weighted by Crippen LogP contribution is 2.30. The van der Waals surface area contributed by atoms with Crippen molar-refractivity contribution in [2.75, 3.05) is 10.8 Å². The van der Waals surface area contributed by atoms with E-state index in [2.05, 4.69) is 5.32 Å². The van der Waals surface area contributed by atoms with Crippen molar-refractivity contribution in [2.24, 2.45) is 0 Å². The van der Waals surface area contributed by atoms with Gasteiger partial charge in [0.25, 0.3) is 10.0 Å². The van der Waals surface area contributed by atoms with E-state index >= 15 is 0 Å². The second-order valence-corrected chi connectivity index (χ2v) is 14.1. The average Bonchev–Trinajstić information content (AvgIpc) is 3.47. The Morgan fingerprint density at radius 1 is 0.930 bits per heavy atom. The molecule has 0 unspecified atom stereocenters. The Hall–Kier alpha value is -2.78. The van der Waals surface area contributed by atoms with Crippen molar-refractivity contribution < 1.29 is 18.0 Å². The van der Waals surface area contributed by atoms with Gasteiger partial charge in [0.2, 0.25) is 11.8 Å². The lowest BCUT2D eigenvalue weighted by molar-refractivity contribution is -0.140. The fraction of sp³-hybridized carbons (Fsp3) is 0.375. The van der Waals surface area contributed by atoms with E-state index in [1.165, 1.54) is 17.0 Å². The molecule has 0 bridgehead atoms. The molecule has 0 spiro atoms. The van der Waals surface area contributed by atoms with Crippen LogP contribution < -0.4 is 9.62 Å². The molecule has 43 heavy (non-hydrogen) atoms. The van der Waals surface area contributed by atoms with Crippen molar-refractivity contribution in [1.29, 1.82) is 0 Å². The second kappa shape index (κ2) is 14.3. The summed E-state index contributed by atoms with van der Waals surface area (Å²) in [5.41, 5.74) is 2.45. The van der Waals surface area contributed by atoms with Gasteiger partial charge in [-0.1, -0.05) is 78.3 Å². The Morgan fingerprint density at radius 3 is 2.21 bits per heavy atom. The largest absolute Gasteiger partial charge is 0.352 e. The second-order valence-electron chi connectivity index (χ2n) is 10.9. The number of anilines is 1. The molecule has 7 nitrogen and oxygen atoms in total. The minimum Gasteiger partial charge on any atom is -0.352 e. The van der Waals surface area contributed by atoms with E-state index in [9.17, 15) is 18.0 Å². The fourth-order valence-electron chi connectivity index (χ4n) is 5.37. The zero-order chi connectivity index (χ0) is 31.3. The topological polar surface area (TPSA) is 86.8 Å². The van der Waals surface area contributed by atoms with Crippen LogP contribution in [0.2, 0.25) is 15.1 Å². The van der Waals surface area contributed by atoms with E-state index in [0.29, 0.717) is 38.3 Å². The number of hydrogen-bond acceptors (Lipinski definition) is 4. The molecular weight excluding hydrogens is 629 g/mol. The number of benzene rings is 3. The summed E-state index contributed by atoms with van der Waals surface area (Å²) < 4.78 is 29.3. The highest BCUT2D eigenvalue weighted by Gasteiger charge is 2.35. The van der Waals surface area contributed by atoms with E-state index < -0.39 is 28.5 Å². The molecule has 0 aliphatic heterocycles. The molecule has 1 aliphatic rings. The minimum absolute atomic E-state index is 0.0321. The lowest BCUT2D eigenvalue weighted by Gasteiger charge is -2.34. The summed E-state index contributed by atoms with van der Waals surface area (Å²) >= 11 is 18.6. The van der Waals surface area contributed by atoms with Crippen LogP contribution in [0.5, 0.6) is 0 Å². The van der Waals surface area contributed by atoms with Crippen molar-refractivity contribution in [3.8, 4) is 0 Å². The molecule has 0 heterocycles. The molecule has 1 atom stereocenters. The van der Waals surface area contributed by atoms with Crippen molar-refractivity contribution in [3.05, 3.63) is 92.4 Å². The summed E-state index contributed by atoms with van der Waals surface area (Å²) in [5.74, 6) is -0.803. The van der Waals surface area contributed by atoms with E-state index in [4.69, 9.17) is 34.8 Å². The van der Waals surface area contributed by atoms with Crippen LogP contribution in [-0.4, -0.2) is 43.8 Å². The maximum absolute atomic E-state index is 14.3. The standard InChI is InChI=1S/C32H36Cl3N3O4S/c1-4-29(32(40)36-25-7-5-6-8-25)37(19-23-11-15-27(34)28(35)18-23)31(39)20-38(30-16-12-24(33)17-22(30)3)43(41,42)26-13-9-21(2)10-14-26/h9-18,25,29H,4-8,19-20H2,1-3H3,(H,36,40)/t29-/m0/s1. The molecular formula is C32H36Cl3N3O4S. The van der Waals surface area contributed by atoms with Crippen LogP contribution in [0.25, 0.3) is 0 Å². The predicted octanol–water partition coefficient (Wildman–Crippen LogP) is 7.33. The van der Waals surface area contributed by atoms with Gasteiger partial charge < -0.3 is 10.2 Å². The zero-order valence-electron chi connectivity index (χ0n) is 24.4. The number of nitrogens with one attached hydrogen (secondary N) is 1. The van der Waals surface area contributed by atoms with Gasteiger partial charge in [0.1, 0.15) is 12.6 Å². The first-order valence-electron chi connectivity index (χ1n) is 14.3. The third-order valence-electron chi connectivity index (χ3n) is 7.74. The summed E-state index contributed by atoms with van der Waals surface area (Å²) in [6.07, 6.45) is 4.19. The number of halogens is 3. The summed E-state index contributed by atoms with van der Waals surface area (Å²) in [4.78, 5) is 29.4. The van der Waals surface area contributed by atoms with Crippen molar-refractivity contribution in [1.82, 2.24) is 10.2 Å². The molecule has 11 heteroatoms. The Morgan fingerprint density at radius 2 is 1.60 bits per heavy atom. The smallest absolute Gasteiger partial charge is 0.264 e. The number of sulfonamides is 1. The van der Waals surface area contributed by atoms with E-state index in [-0.39, 0.29) is 23.4 Å². The van der Waals surface area contributed by atoms with E-state index in [1.54, 1.807) is 55.5 Å². The fourth-order valence-corrected chi connectivity index (χ4v) is 7.40. The van der Waals surface area contributed by atoms with Gasteiger partial charge in [0, 0.05) is 17.6 Å². The number of amides is 2. The maximum Gasteiger partial charge on any atom is 0.264 e. The van der Waals surface area contributed by atoms with Crippen LogP contribution in [0.1, 0.15) is 55.7 Å². The molecule has 1 N–H and O–H groups in total. The van der Waals surface area contributed by atoms with Crippen LogP contribution in [0.15, 0.2) is 65.6 Å². The predicted molar refractivity (Wildman–Crippen MR) is 173 cm³/mol. The van der Waals surface area contributed by atoms with Gasteiger partial charge in [-0.3, -0.25) is 13.9 Å². The van der Waals surface area contributed by atoms with Crippen molar-refractivity contribution in [3.63, 3.8) is 0 Å². The number of carbonyl (C=O) groups is 2. The van der Waals surface area contributed by atoms with Crippen LogP contribution in [-0.2, 0) is 26.2 Å². The number of aryl methyl sites for hydroxylation is 2. The van der Waals surface area contributed by atoms with Gasteiger partial charge in [-0.25, -0.2) is 8.42 Å². The summed E-state index contributed by atoms with van der Waals surface area (Å²) in [5, 5.41) is 4.23. The molecule has 3 aromatic carbocycles. The van der Waals surface area contributed by atoms with Crippen LogP contribution >= 0.6 is 34.8 Å². The SMILES string of the molecule is CC[C@@H](C(=O)NC1CCCC1)N(Cc1ccc(Cl)c(Cl)c1)C(=O)CN(c1ccc(Cl)cc1C)S(=O)(=O)c1ccc(C)cc1. The lowest BCUT2D eigenvalue weighted by Crippen LogP contribution is -2.53. The zero-order valence-corrected chi connectivity index (χ0v) is 27.5. The summed E-state index contributed by atoms with van der Waals surface area (Å²) in [6, 6.07) is 15.5. The summed E-state index contributed by atoms with van der Waals surface area (Å²) in [7, 11) is -4.19. The Bertz CT molecular complexity index is 1580. The first-order chi connectivity index (χ1) is 20.4. The monoisotopic (exact) mass is 663 g/mol. The van der Waals surface area contributed by atoms with E-state index in [0.717, 1.165) is 35.6 Å². The normalized spacial score (nSPS) is 14.4. The highest BCUT2D eigenvalue weighted by molar-refractivity contribution is 7.92. The highest BCUT2D eigenvalue weighted by atomic mass is 35.5. The molecule has 0 saturated heterocycles. The summed E-state index contributed by atoms with van der Waals surface area (Å²) in [6.45, 7) is 4.93. The van der Waals surface area contributed by atoms with Crippen LogP contribution in [0.3, 0.4) is 0 Å². The van der Waals surface area contributed by atoms with Crippen molar-refractivity contribution >= 4 is 62.3 Å². The van der Waals surface area contributed by atoms with Gasteiger partial charge in [0.05, 0.1) is 20.6 Å². The van der Waals surface area contributed by atoms with Crippen LogP contribution in [0, 0.1) is 13.8 Å². The van der Waals surface area contributed by atoms with Gasteiger partial charge in [-0.2, -0.15) is 0 Å². The average molecular weight is 665 g/mol. The molecule has 1 aliphatic carbocycles. The first-order valence-corrected chi connectivity index (χ1v) is 16.9. The van der Waals surface area contributed by atoms with Crippen molar-refractivity contribution in [2.45, 2.75) is 76.4 Å². The molecule has 230 valence electrons. The first kappa shape index (κ1) is 33.1. The van der Waals surface area contributed by atoms with Gasteiger partial charge >= 0.3 is 0 Å². The third kappa shape index (κ3) is 8.04. The Balaban J connectivity index is 1.75. The molecule has 4 rings (SSSR count). The maximum atomic E-state index is 14.3. The van der Waals surface area contributed by atoms with Gasteiger partial charge in [-0.05, 0) is 86.7 Å². The minimum atomic E-state index is -4.19. The van der Waals surface area contributed by atoms with Gasteiger partial charge in [0.15, 0.2) is 0 Å². The Kier molecular flexibility index (Phi) is 11.0. The van der Waals surface area contributed by atoms with E-state index in [1.807, 2.05) is 13.8 Å². The molecule has 2 amide bonds.